The largest absolute Gasteiger partial charge is 0.341 e. The van der Waals surface area contributed by atoms with Gasteiger partial charge in [0.05, 0.1) is 17.6 Å². The van der Waals surface area contributed by atoms with Crippen LogP contribution in [0.5, 0.6) is 0 Å². The molecule has 0 radical (unpaired) electrons. The summed E-state index contributed by atoms with van der Waals surface area (Å²) in [4.78, 5) is 41.3. The monoisotopic (exact) mass is 664 g/mol. The van der Waals surface area contributed by atoms with Gasteiger partial charge in [0.1, 0.15) is 5.82 Å². The number of hydrogen-bond acceptors (Lipinski definition) is 5. The van der Waals surface area contributed by atoms with E-state index in [-0.39, 0.29) is 23.5 Å². The molecule has 0 bridgehead atoms. The number of imidazole rings is 2. The van der Waals surface area contributed by atoms with Crippen LogP contribution in [-0.2, 0) is 13.1 Å². The van der Waals surface area contributed by atoms with E-state index in [4.69, 9.17) is 9.97 Å². The van der Waals surface area contributed by atoms with Crippen LogP contribution in [0, 0.1) is 5.92 Å². The second-order valence-corrected chi connectivity index (χ2v) is 13.4. The van der Waals surface area contributed by atoms with E-state index in [1.807, 2.05) is 103 Å². The van der Waals surface area contributed by atoms with Crippen LogP contribution in [-0.4, -0.2) is 73.8 Å². The maximum Gasteiger partial charge on any atom is 0.253 e. The van der Waals surface area contributed by atoms with Crippen molar-refractivity contribution in [2.24, 2.45) is 5.92 Å². The van der Waals surface area contributed by atoms with Crippen molar-refractivity contribution in [1.82, 2.24) is 28.9 Å². The third-order valence-corrected chi connectivity index (χ3v) is 10.1. The first-order valence-corrected chi connectivity index (χ1v) is 17.6. The predicted molar refractivity (Wildman–Crippen MR) is 197 cm³/mol. The molecular weight excluding hydrogens is 621 g/mol. The van der Waals surface area contributed by atoms with E-state index in [0.717, 1.165) is 62.3 Å². The Morgan fingerprint density at radius 3 is 2.22 bits per heavy atom. The van der Waals surface area contributed by atoms with Crippen LogP contribution in [0.25, 0.3) is 11.0 Å². The summed E-state index contributed by atoms with van der Waals surface area (Å²) >= 11 is 0. The number of nitrogens with zero attached hydrogens (tertiary/aromatic N) is 6. The van der Waals surface area contributed by atoms with Gasteiger partial charge in [-0.3, -0.25) is 9.59 Å². The topological polar surface area (TPSA) is 76.3 Å². The molecule has 4 aromatic carbocycles. The van der Waals surface area contributed by atoms with Gasteiger partial charge in [0.25, 0.3) is 5.91 Å². The summed E-state index contributed by atoms with van der Waals surface area (Å²) in [6.07, 6.45) is 6.36. The highest BCUT2D eigenvalue weighted by Crippen LogP contribution is 2.27. The predicted octanol–water partition coefficient (Wildman–Crippen LogP) is 7.17. The lowest BCUT2D eigenvalue weighted by molar-refractivity contribution is 0.0779. The van der Waals surface area contributed by atoms with Gasteiger partial charge in [-0.15, -0.1) is 0 Å². The summed E-state index contributed by atoms with van der Waals surface area (Å²) in [5.41, 5.74) is 4.93. The number of carbonyl (C=O) groups excluding carboxylic acids is 2. The van der Waals surface area contributed by atoms with E-state index in [1.54, 1.807) is 0 Å². The number of likely N-dealkylation sites (tertiary alicyclic amines) is 1. The summed E-state index contributed by atoms with van der Waals surface area (Å²) < 4.78 is 4.21. The Labute approximate surface area is 294 Å². The second kappa shape index (κ2) is 15.5. The third-order valence-electron chi connectivity index (χ3n) is 10.1. The Morgan fingerprint density at radius 1 is 0.820 bits per heavy atom. The Bertz CT molecular complexity index is 2010. The zero-order valence-electron chi connectivity index (χ0n) is 28.6. The summed E-state index contributed by atoms with van der Waals surface area (Å²) in [5, 5.41) is 0. The molecule has 1 aliphatic rings. The first-order chi connectivity index (χ1) is 24.5. The van der Waals surface area contributed by atoms with Crippen LogP contribution in [0.3, 0.4) is 0 Å². The standard InChI is InChI=1S/C42H44N6O2/c1-45(42(50)35-17-9-4-10-18-35)30-36(33-15-7-3-8-16-33)23-27-46-25-21-34(22-26-46)40(49)41-44-37-19-11-12-20-38(37)48(41)31-39-43-24-28-47(39)29-32-13-5-2-6-14-32/h2-20,24,28,34,36H,21-23,25-27,29-31H2,1H3. The van der Waals surface area contributed by atoms with Gasteiger partial charge < -0.3 is 18.9 Å². The SMILES string of the molecule is CN(CC(CCN1CCC(C(=O)c2nc3ccccc3n2Cc2nccn2Cc2ccccc2)CC1)c1ccccc1)C(=O)c1ccccc1. The molecule has 0 spiro atoms. The Hall–Kier alpha value is -5.34. The van der Waals surface area contributed by atoms with E-state index in [9.17, 15) is 9.59 Å². The van der Waals surface area contributed by atoms with E-state index >= 15 is 0 Å². The van der Waals surface area contributed by atoms with Gasteiger partial charge in [0.15, 0.2) is 5.82 Å². The molecule has 0 saturated carbocycles. The van der Waals surface area contributed by atoms with Gasteiger partial charge >= 0.3 is 0 Å². The van der Waals surface area contributed by atoms with Gasteiger partial charge in [-0.2, -0.15) is 0 Å². The molecule has 1 aliphatic heterocycles. The summed E-state index contributed by atoms with van der Waals surface area (Å²) in [5.74, 6) is 1.70. The van der Waals surface area contributed by atoms with E-state index in [1.165, 1.54) is 11.1 Å². The molecule has 50 heavy (non-hydrogen) atoms. The van der Waals surface area contributed by atoms with Gasteiger partial charge in [0, 0.05) is 49.9 Å². The van der Waals surface area contributed by atoms with Crippen LogP contribution in [0.2, 0.25) is 0 Å². The number of carbonyl (C=O) groups is 2. The average molecular weight is 665 g/mol. The Morgan fingerprint density at radius 2 is 1.48 bits per heavy atom. The summed E-state index contributed by atoms with van der Waals surface area (Å²) in [6, 6.07) is 38.3. The number of para-hydroxylation sites is 2. The number of piperidine rings is 1. The number of benzene rings is 4. The van der Waals surface area contributed by atoms with Crippen molar-refractivity contribution in [3.63, 3.8) is 0 Å². The fourth-order valence-electron chi connectivity index (χ4n) is 7.22. The minimum atomic E-state index is -0.0783. The van der Waals surface area contributed by atoms with Crippen LogP contribution < -0.4 is 0 Å². The molecule has 0 aliphatic carbocycles. The van der Waals surface area contributed by atoms with Crippen molar-refractivity contribution in [1.29, 1.82) is 0 Å². The van der Waals surface area contributed by atoms with E-state index in [2.05, 4.69) is 50.4 Å². The minimum absolute atomic E-state index is 0.0389. The maximum atomic E-state index is 14.2. The number of ketones is 1. The first-order valence-electron chi connectivity index (χ1n) is 17.6. The van der Waals surface area contributed by atoms with Crippen molar-refractivity contribution in [2.75, 3.05) is 33.2 Å². The number of aromatic nitrogens is 4. The highest BCUT2D eigenvalue weighted by atomic mass is 16.2. The van der Waals surface area contributed by atoms with Gasteiger partial charge in [-0.05, 0) is 74.3 Å². The van der Waals surface area contributed by atoms with Gasteiger partial charge in [-0.25, -0.2) is 9.97 Å². The minimum Gasteiger partial charge on any atom is -0.341 e. The van der Waals surface area contributed by atoms with E-state index < -0.39 is 0 Å². The molecule has 1 saturated heterocycles. The fourth-order valence-corrected chi connectivity index (χ4v) is 7.22. The molecule has 254 valence electrons. The maximum absolute atomic E-state index is 14.2. The zero-order chi connectivity index (χ0) is 34.3. The highest BCUT2D eigenvalue weighted by molar-refractivity contribution is 5.98. The zero-order valence-corrected chi connectivity index (χ0v) is 28.6. The number of hydrogen-bond donors (Lipinski definition) is 0. The molecule has 3 heterocycles. The molecular formula is C42H44N6O2. The van der Waals surface area contributed by atoms with Crippen molar-refractivity contribution in [2.45, 2.75) is 38.3 Å². The first kappa shape index (κ1) is 33.2. The number of Topliss-reactive ketones (excluding diaryl/α,β-unsaturated/α-hetero) is 1. The second-order valence-electron chi connectivity index (χ2n) is 13.4. The number of fused-ring (bicyclic) bond motifs is 1. The smallest absolute Gasteiger partial charge is 0.253 e. The van der Waals surface area contributed by atoms with Crippen LogP contribution in [0.1, 0.15) is 63.1 Å². The molecule has 1 amide bonds. The molecule has 1 atom stereocenters. The lowest BCUT2D eigenvalue weighted by Gasteiger charge is -2.33. The quantitative estimate of drug-likeness (QED) is 0.122. The third kappa shape index (κ3) is 7.61. The van der Waals surface area contributed by atoms with E-state index in [0.29, 0.717) is 24.5 Å². The number of amides is 1. The lowest BCUT2D eigenvalue weighted by atomic mass is 9.90. The van der Waals surface area contributed by atoms with Gasteiger partial charge in [0.2, 0.25) is 5.78 Å². The van der Waals surface area contributed by atoms with Crippen LogP contribution in [0.4, 0.5) is 0 Å². The van der Waals surface area contributed by atoms with Crippen LogP contribution in [0.15, 0.2) is 128 Å². The molecule has 8 nitrogen and oxygen atoms in total. The normalized spacial score (nSPS) is 14.5. The molecule has 6 aromatic rings. The molecule has 0 N–H and O–H groups in total. The van der Waals surface area contributed by atoms with Crippen molar-refractivity contribution in [3.05, 3.63) is 156 Å². The average Bonchev–Trinajstić information content (AvgIpc) is 3.77. The molecule has 7 rings (SSSR count). The molecule has 1 fully saturated rings. The Kier molecular flexibility index (Phi) is 10.3. The number of likely N-dealkylation sites (N-methyl/N-ethyl adjacent to an activating group) is 1. The number of rotatable bonds is 13. The molecule has 8 heteroatoms. The molecule has 2 aromatic heterocycles. The molecule has 1 unspecified atom stereocenters. The Balaban J connectivity index is 1.01. The fraction of sp³-hybridized carbons (Fsp3) is 0.286. The highest BCUT2D eigenvalue weighted by Gasteiger charge is 2.30. The summed E-state index contributed by atoms with van der Waals surface area (Å²) in [7, 11) is 1.90. The van der Waals surface area contributed by atoms with Gasteiger partial charge in [-0.1, -0.05) is 91.0 Å². The van der Waals surface area contributed by atoms with Crippen molar-refractivity contribution < 1.29 is 9.59 Å². The summed E-state index contributed by atoms with van der Waals surface area (Å²) in [6.45, 7) is 4.47. The van der Waals surface area contributed by atoms with Crippen molar-refractivity contribution >= 4 is 22.7 Å². The van der Waals surface area contributed by atoms with Crippen LogP contribution >= 0.6 is 0 Å². The lowest BCUT2D eigenvalue weighted by Crippen LogP contribution is -2.38. The van der Waals surface area contributed by atoms with Crippen molar-refractivity contribution in [3.8, 4) is 0 Å².